The van der Waals surface area contributed by atoms with Crippen LogP contribution in [0.15, 0.2) is 12.1 Å². The Labute approximate surface area is 89.4 Å². The summed E-state index contributed by atoms with van der Waals surface area (Å²) in [4.78, 5) is 1.89. The second-order valence-corrected chi connectivity index (χ2v) is 3.54. The number of halogens is 1. The molecule has 1 aromatic carbocycles. The lowest BCUT2D eigenvalue weighted by Crippen LogP contribution is -2.12. The fourth-order valence-electron chi connectivity index (χ4n) is 1.36. The molecule has 0 heterocycles. The van der Waals surface area contributed by atoms with E-state index < -0.39 is 0 Å². The molecule has 0 aliphatic heterocycles. The SMILES string of the molecule is COc1cc(F)c(CN(C)C)cc1OC. The van der Waals surface area contributed by atoms with E-state index in [9.17, 15) is 4.39 Å². The van der Waals surface area contributed by atoms with Gasteiger partial charge in [0.05, 0.1) is 14.2 Å². The molecule has 0 atom stereocenters. The van der Waals surface area contributed by atoms with Gasteiger partial charge in [0.15, 0.2) is 11.5 Å². The van der Waals surface area contributed by atoms with E-state index in [1.807, 2.05) is 19.0 Å². The second-order valence-electron chi connectivity index (χ2n) is 3.54. The highest BCUT2D eigenvalue weighted by atomic mass is 19.1. The molecule has 0 saturated heterocycles. The lowest BCUT2D eigenvalue weighted by Gasteiger charge is -2.14. The maximum atomic E-state index is 13.6. The van der Waals surface area contributed by atoms with Crippen LogP contribution in [0.2, 0.25) is 0 Å². The summed E-state index contributed by atoms with van der Waals surface area (Å²) in [5, 5.41) is 0. The first kappa shape index (κ1) is 11.8. The molecule has 4 heteroatoms. The highest BCUT2D eigenvalue weighted by Crippen LogP contribution is 2.30. The molecule has 0 fully saturated rings. The number of hydrogen-bond acceptors (Lipinski definition) is 3. The Hall–Kier alpha value is -1.29. The first-order chi connectivity index (χ1) is 7.08. The zero-order chi connectivity index (χ0) is 11.4. The summed E-state index contributed by atoms with van der Waals surface area (Å²) in [6.07, 6.45) is 0. The maximum Gasteiger partial charge on any atom is 0.163 e. The summed E-state index contributed by atoms with van der Waals surface area (Å²) < 4.78 is 23.7. The third-order valence-corrected chi connectivity index (χ3v) is 2.04. The van der Waals surface area contributed by atoms with Crippen molar-refractivity contribution in [3.63, 3.8) is 0 Å². The number of rotatable bonds is 4. The van der Waals surface area contributed by atoms with Gasteiger partial charge in [-0.05, 0) is 20.2 Å². The molecular weight excluding hydrogens is 197 g/mol. The quantitative estimate of drug-likeness (QED) is 0.762. The summed E-state index contributed by atoms with van der Waals surface area (Å²) in [7, 11) is 6.80. The minimum Gasteiger partial charge on any atom is -0.493 e. The number of nitrogens with zero attached hydrogens (tertiary/aromatic N) is 1. The summed E-state index contributed by atoms with van der Waals surface area (Å²) >= 11 is 0. The van der Waals surface area contributed by atoms with Crippen LogP contribution < -0.4 is 9.47 Å². The Bertz CT molecular complexity index is 340. The lowest BCUT2D eigenvalue weighted by atomic mass is 10.2. The van der Waals surface area contributed by atoms with Crippen LogP contribution in [0.3, 0.4) is 0 Å². The molecule has 0 aromatic heterocycles. The van der Waals surface area contributed by atoms with Crippen molar-refractivity contribution in [1.82, 2.24) is 4.90 Å². The molecule has 0 unspecified atom stereocenters. The van der Waals surface area contributed by atoms with Crippen LogP contribution in [0.4, 0.5) is 4.39 Å². The Morgan fingerprint density at radius 1 is 1.13 bits per heavy atom. The number of hydrogen-bond donors (Lipinski definition) is 0. The summed E-state index contributed by atoms with van der Waals surface area (Å²) in [6.45, 7) is 0.534. The molecule has 0 aliphatic rings. The van der Waals surface area contributed by atoms with E-state index in [4.69, 9.17) is 9.47 Å². The molecule has 0 aliphatic carbocycles. The predicted molar refractivity (Wildman–Crippen MR) is 56.9 cm³/mol. The van der Waals surface area contributed by atoms with Gasteiger partial charge in [-0.3, -0.25) is 0 Å². The average molecular weight is 213 g/mol. The molecule has 84 valence electrons. The van der Waals surface area contributed by atoms with Crippen LogP contribution in [0.1, 0.15) is 5.56 Å². The van der Waals surface area contributed by atoms with Crippen molar-refractivity contribution in [2.75, 3.05) is 28.3 Å². The number of methoxy groups -OCH3 is 2. The predicted octanol–water partition coefficient (Wildman–Crippen LogP) is 1.90. The van der Waals surface area contributed by atoms with Gasteiger partial charge in [-0.2, -0.15) is 0 Å². The van der Waals surface area contributed by atoms with Crippen LogP contribution in [-0.2, 0) is 6.54 Å². The van der Waals surface area contributed by atoms with Gasteiger partial charge in [0.25, 0.3) is 0 Å². The zero-order valence-electron chi connectivity index (χ0n) is 9.50. The standard InChI is InChI=1S/C11H16FNO2/c1-13(2)7-8-5-10(14-3)11(15-4)6-9(8)12/h5-6H,7H2,1-4H3. The molecule has 0 bridgehead atoms. The van der Waals surface area contributed by atoms with Crippen molar-refractivity contribution < 1.29 is 13.9 Å². The molecule has 0 amide bonds. The minimum absolute atomic E-state index is 0.277. The van der Waals surface area contributed by atoms with E-state index in [-0.39, 0.29) is 5.82 Å². The third kappa shape index (κ3) is 2.83. The van der Waals surface area contributed by atoms with Gasteiger partial charge in [-0.1, -0.05) is 0 Å². The minimum atomic E-state index is -0.277. The molecular formula is C11H16FNO2. The van der Waals surface area contributed by atoms with Crippen molar-refractivity contribution in [3.05, 3.63) is 23.5 Å². The van der Waals surface area contributed by atoms with E-state index in [2.05, 4.69) is 0 Å². The fraction of sp³-hybridized carbons (Fsp3) is 0.455. The van der Waals surface area contributed by atoms with Gasteiger partial charge in [0, 0.05) is 18.2 Å². The topological polar surface area (TPSA) is 21.7 Å². The highest BCUT2D eigenvalue weighted by molar-refractivity contribution is 5.43. The summed E-state index contributed by atoms with van der Waals surface area (Å²) in [5.41, 5.74) is 0.595. The van der Waals surface area contributed by atoms with E-state index >= 15 is 0 Å². The molecule has 0 saturated carbocycles. The second kappa shape index (κ2) is 4.98. The fourth-order valence-corrected chi connectivity index (χ4v) is 1.36. The first-order valence-corrected chi connectivity index (χ1v) is 4.63. The largest absolute Gasteiger partial charge is 0.493 e. The van der Waals surface area contributed by atoms with E-state index in [1.54, 1.807) is 6.07 Å². The molecule has 1 rings (SSSR count). The van der Waals surface area contributed by atoms with Gasteiger partial charge in [-0.15, -0.1) is 0 Å². The molecule has 15 heavy (non-hydrogen) atoms. The van der Waals surface area contributed by atoms with Crippen molar-refractivity contribution >= 4 is 0 Å². The van der Waals surface area contributed by atoms with Crippen LogP contribution in [0.25, 0.3) is 0 Å². The molecule has 1 aromatic rings. The summed E-state index contributed by atoms with van der Waals surface area (Å²) in [5.74, 6) is 0.689. The third-order valence-electron chi connectivity index (χ3n) is 2.04. The Morgan fingerprint density at radius 3 is 2.13 bits per heavy atom. The first-order valence-electron chi connectivity index (χ1n) is 4.63. The number of ether oxygens (including phenoxy) is 2. The Kier molecular flexibility index (Phi) is 3.91. The van der Waals surface area contributed by atoms with E-state index in [1.165, 1.54) is 20.3 Å². The van der Waals surface area contributed by atoms with Gasteiger partial charge in [0.1, 0.15) is 5.82 Å². The van der Waals surface area contributed by atoms with Crippen molar-refractivity contribution in [2.24, 2.45) is 0 Å². The Balaban J connectivity index is 3.08. The normalized spacial score (nSPS) is 10.5. The average Bonchev–Trinajstić information content (AvgIpc) is 2.19. The zero-order valence-corrected chi connectivity index (χ0v) is 9.50. The molecule has 0 spiro atoms. The van der Waals surface area contributed by atoms with Gasteiger partial charge in [-0.25, -0.2) is 4.39 Å². The smallest absolute Gasteiger partial charge is 0.163 e. The highest BCUT2D eigenvalue weighted by Gasteiger charge is 2.11. The van der Waals surface area contributed by atoms with E-state index in [0.717, 1.165) is 0 Å². The lowest BCUT2D eigenvalue weighted by molar-refractivity contribution is 0.347. The van der Waals surface area contributed by atoms with Crippen LogP contribution in [0, 0.1) is 5.82 Å². The maximum absolute atomic E-state index is 13.6. The van der Waals surface area contributed by atoms with Crippen molar-refractivity contribution in [2.45, 2.75) is 6.54 Å². The van der Waals surface area contributed by atoms with Crippen molar-refractivity contribution in [3.8, 4) is 11.5 Å². The van der Waals surface area contributed by atoms with E-state index in [0.29, 0.717) is 23.6 Å². The van der Waals surface area contributed by atoms with Crippen molar-refractivity contribution in [1.29, 1.82) is 0 Å². The molecule has 0 radical (unpaired) electrons. The van der Waals surface area contributed by atoms with Crippen LogP contribution >= 0.6 is 0 Å². The molecule has 0 N–H and O–H groups in total. The van der Waals surface area contributed by atoms with Gasteiger partial charge >= 0.3 is 0 Å². The van der Waals surface area contributed by atoms with Crippen LogP contribution in [-0.4, -0.2) is 33.2 Å². The van der Waals surface area contributed by atoms with Gasteiger partial charge < -0.3 is 14.4 Å². The van der Waals surface area contributed by atoms with Crippen LogP contribution in [0.5, 0.6) is 11.5 Å². The molecule has 3 nitrogen and oxygen atoms in total. The monoisotopic (exact) mass is 213 g/mol. The summed E-state index contributed by atoms with van der Waals surface area (Å²) in [6, 6.07) is 3.01. The Morgan fingerprint density at radius 2 is 1.67 bits per heavy atom. The number of benzene rings is 1. The van der Waals surface area contributed by atoms with Gasteiger partial charge in [0.2, 0.25) is 0 Å².